The molecule has 0 aliphatic rings. The summed E-state index contributed by atoms with van der Waals surface area (Å²) in [6.07, 6.45) is 2.75. The minimum atomic E-state index is -0.132. The quantitative estimate of drug-likeness (QED) is 0.825. The molecule has 0 fully saturated rings. The van der Waals surface area contributed by atoms with Crippen LogP contribution in [0.1, 0.15) is 37.8 Å². The molecule has 0 aliphatic heterocycles. The van der Waals surface area contributed by atoms with Gasteiger partial charge in [0.05, 0.1) is 6.04 Å². The Bertz CT molecular complexity index is 629. The van der Waals surface area contributed by atoms with E-state index in [0.717, 1.165) is 5.56 Å². The number of pyridine rings is 1. The van der Waals surface area contributed by atoms with Crippen LogP contribution in [0.25, 0.3) is 0 Å². The number of nitrogens with one attached hydrogen (secondary N) is 2. The molecule has 1 unspecified atom stereocenters. The predicted molar refractivity (Wildman–Crippen MR) is 89.7 cm³/mol. The molecule has 0 spiro atoms. The first-order valence-corrected chi connectivity index (χ1v) is 7.70. The van der Waals surface area contributed by atoms with Crippen LogP contribution in [0.15, 0.2) is 54.7 Å². The summed E-state index contributed by atoms with van der Waals surface area (Å²) in [5.41, 5.74) is 1.06. The highest BCUT2D eigenvalue weighted by Gasteiger charge is 2.10. The van der Waals surface area contributed by atoms with Crippen molar-refractivity contribution < 1.29 is 9.59 Å². The van der Waals surface area contributed by atoms with E-state index < -0.39 is 0 Å². The SMILES string of the molecule is CC(NC(=O)CCCC(=O)Nc1ccccn1)c1ccccc1. The minimum absolute atomic E-state index is 0.0361. The van der Waals surface area contributed by atoms with Gasteiger partial charge in [-0.3, -0.25) is 9.59 Å². The van der Waals surface area contributed by atoms with Crippen LogP contribution in [-0.2, 0) is 9.59 Å². The molecular weight excluding hydrogens is 290 g/mol. The normalized spacial score (nSPS) is 11.5. The Kier molecular flexibility index (Phi) is 6.29. The predicted octanol–water partition coefficient (Wildman–Crippen LogP) is 3.07. The number of rotatable bonds is 7. The molecule has 1 aromatic carbocycles. The van der Waals surface area contributed by atoms with E-state index in [-0.39, 0.29) is 17.9 Å². The van der Waals surface area contributed by atoms with Gasteiger partial charge in [-0.15, -0.1) is 0 Å². The Morgan fingerprint density at radius 2 is 1.70 bits per heavy atom. The number of aromatic nitrogens is 1. The fraction of sp³-hybridized carbons (Fsp3) is 0.278. The van der Waals surface area contributed by atoms with E-state index in [4.69, 9.17) is 0 Å². The Balaban J connectivity index is 1.67. The largest absolute Gasteiger partial charge is 0.350 e. The van der Waals surface area contributed by atoms with Gasteiger partial charge in [0, 0.05) is 19.0 Å². The second-order valence-electron chi connectivity index (χ2n) is 5.32. The van der Waals surface area contributed by atoms with Crippen LogP contribution < -0.4 is 10.6 Å². The second-order valence-corrected chi connectivity index (χ2v) is 5.32. The monoisotopic (exact) mass is 311 g/mol. The van der Waals surface area contributed by atoms with E-state index in [1.165, 1.54) is 0 Å². The van der Waals surface area contributed by atoms with Crippen molar-refractivity contribution >= 4 is 17.6 Å². The van der Waals surface area contributed by atoms with Gasteiger partial charge in [-0.2, -0.15) is 0 Å². The minimum Gasteiger partial charge on any atom is -0.350 e. The van der Waals surface area contributed by atoms with Crippen molar-refractivity contribution in [2.75, 3.05) is 5.32 Å². The fourth-order valence-electron chi connectivity index (χ4n) is 2.19. The Hall–Kier alpha value is -2.69. The average molecular weight is 311 g/mol. The van der Waals surface area contributed by atoms with Crippen molar-refractivity contribution in [2.24, 2.45) is 0 Å². The topological polar surface area (TPSA) is 71.1 Å². The Morgan fingerprint density at radius 3 is 2.39 bits per heavy atom. The first-order valence-electron chi connectivity index (χ1n) is 7.70. The van der Waals surface area contributed by atoms with Gasteiger partial charge in [-0.25, -0.2) is 4.98 Å². The van der Waals surface area contributed by atoms with Crippen molar-refractivity contribution in [1.29, 1.82) is 0 Å². The highest BCUT2D eigenvalue weighted by molar-refractivity contribution is 5.90. The molecular formula is C18H21N3O2. The van der Waals surface area contributed by atoms with E-state index >= 15 is 0 Å². The maximum Gasteiger partial charge on any atom is 0.225 e. The molecule has 2 amide bonds. The standard InChI is InChI=1S/C18H21N3O2/c1-14(15-8-3-2-4-9-15)20-17(22)11-7-12-18(23)21-16-10-5-6-13-19-16/h2-6,8-10,13-14H,7,11-12H2,1H3,(H,20,22)(H,19,21,23). The van der Waals surface area contributed by atoms with Gasteiger partial charge in [-0.05, 0) is 31.0 Å². The van der Waals surface area contributed by atoms with Crippen LogP contribution in [0.3, 0.4) is 0 Å². The van der Waals surface area contributed by atoms with Crippen LogP contribution in [0.5, 0.6) is 0 Å². The number of anilines is 1. The molecule has 5 heteroatoms. The molecule has 1 atom stereocenters. The summed E-state index contributed by atoms with van der Waals surface area (Å²) in [5, 5.41) is 5.64. The van der Waals surface area contributed by atoms with E-state index in [2.05, 4.69) is 15.6 Å². The van der Waals surface area contributed by atoms with Gasteiger partial charge < -0.3 is 10.6 Å². The highest BCUT2D eigenvalue weighted by Crippen LogP contribution is 2.11. The van der Waals surface area contributed by atoms with Gasteiger partial charge in [0.25, 0.3) is 0 Å². The molecule has 23 heavy (non-hydrogen) atoms. The van der Waals surface area contributed by atoms with E-state index in [0.29, 0.717) is 25.1 Å². The second kappa shape index (κ2) is 8.68. The van der Waals surface area contributed by atoms with Gasteiger partial charge in [-0.1, -0.05) is 36.4 Å². The molecule has 0 radical (unpaired) electrons. The van der Waals surface area contributed by atoms with Crippen molar-refractivity contribution in [2.45, 2.75) is 32.2 Å². The number of hydrogen-bond acceptors (Lipinski definition) is 3. The number of benzene rings is 1. The fourth-order valence-corrected chi connectivity index (χ4v) is 2.19. The maximum atomic E-state index is 11.9. The van der Waals surface area contributed by atoms with Crippen LogP contribution in [-0.4, -0.2) is 16.8 Å². The summed E-state index contributed by atoms with van der Waals surface area (Å²) in [4.78, 5) is 27.7. The summed E-state index contributed by atoms with van der Waals surface area (Å²) < 4.78 is 0. The van der Waals surface area contributed by atoms with E-state index in [1.807, 2.05) is 37.3 Å². The number of carbonyl (C=O) groups excluding carboxylic acids is 2. The molecule has 1 heterocycles. The van der Waals surface area contributed by atoms with Gasteiger partial charge in [0.15, 0.2) is 0 Å². The van der Waals surface area contributed by atoms with Gasteiger partial charge in [0.1, 0.15) is 5.82 Å². The van der Waals surface area contributed by atoms with Crippen molar-refractivity contribution in [1.82, 2.24) is 10.3 Å². The van der Waals surface area contributed by atoms with Crippen molar-refractivity contribution in [3.8, 4) is 0 Å². The lowest BCUT2D eigenvalue weighted by Gasteiger charge is -2.14. The summed E-state index contributed by atoms with van der Waals surface area (Å²) in [5.74, 6) is 0.347. The number of carbonyl (C=O) groups is 2. The maximum absolute atomic E-state index is 11.9. The molecule has 2 rings (SSSR count). The Labute approximate surface area is 136 Å². The molecule has 1 aromatic heterocycles. The third-order valence-corrected chi connectivity index (χ3v) is 3.42. The molecule has 2 aromatic rings. The lowest BCUT2D eigenvalue weighted by Crippen LogP contribution is -2.26. The molecule has 120 valence electrons. The first kappa shape index (κ1) is 16.7. The van der Waals surface area contributed by atoms with Crippen LogP contribution in [0.2, 0.25) is 0 Å². The lowest BCUT2D eigenvalue weighted by atomic mass is 10.1. The molecule has 0 saturated carbocycles. The van der Waals surface area contributed by atoms with Crippen LogP contribution >= 0.6 is 0 Å². The van der Waals surface area contributed by atoms with E-state index in [9.17, 15) is 9.59 Å². The molecule has 0 aliphatic carbocycles. The molecule has 0 saturated heterocycles. The number of hydrogen-bond donors (Lipinski definition) is 2. The zero-order chi connectivity index (χ0) is 16.5. The third-order valence-electron chi connectivity index (χ3n) is 3.42. The Morgan fingerprint density at radius 1 is 1.00 bits per heavy atom. The molecule has 2 N–H and O–H groups in total. The lowest BCUT2D eigenvalue weighted by molar-refractivity contribution is -0.122. The van der Waals surface area contributed by atoms with Crippen LogP contribution in [0.4, 0.5) is 5.82 Å². The van der Waals surface area contributed by atoms with E-state index in [1.54, 1.807) is 24.4 Å². The van der Waals surface area contributed by atoms with Crippen molar-refractivity contribution in [3.63, 3.8) is 0 Å². The average Bonchev–Trinajstić information content (AvgIpc) is 2.56. The van der Waals surface area contributed by atoms with Crippen molar-refractivity contribution in [3.05, 3.63) is 60.3 Å². The summed E-state index contributed by atoms with van der Waals surface area (Å²) in [6.45, 7) is 1.95. The summed E-state index contributed by atoms with van der Waals surface area (Å²) in [6, 6.07) is 15.1. The van der Waals surface area contributed by atoms with Gasteiger partial charge >= 0.3 is 0 Å². The zero-order valence-corrected chi connectivity index (χ0v) is 13.2. The smallest absolute Gasteiger partial charge is 0.225 e. The van der Waals surface area contributed by atoms with Crippen LogP contribution in [0, 0.1) is 0 Å². The highest BCUT2D eigenvalue weighted by atomic mass is 16.2. The first-order chi connectivity index (χ1) is 11.1. The summed E-state index contributed by atoms with van der Waals surface area (Å²) >= 11 is 0. The number of amides is 2. The zero-order valence-electron chi connectivity index (χ0n) is 13.2. The summed E-state index contributed by atoms with van der Waals surface area (Å²) in [7, 11) is 0. The van der Waals surface area contributed by atoms with Gasteiger partial charge in [0.2, 0.25) is 11.8 Å². The molecule has 5 nitrogen and oxygen atoms in total. The molecule has 0 bridgehead atoms. The third kappa shape index (κ3) is 5.90. The number of nitrogens with zero attached hydrogens (tertiary/aromatic N) is 1.